The van der Waals surface area contributed by atoms with Crippen molar-refractivity contribution in [3.63, 3.8) is 0 Å². The lowest BCUT2D eigenvalue weighted by molar-refractivity contribution is 0.420. The van der Waals surface area contributed by atoms with Crippen LogP contribution in [-0.2, 0) is 0 Å². The lowest BCUT2D eigenvalue weighted by atomic mass is 9.79. The van der Waals surface area contributed by atoms with Crippen LogP contribution < -0.4 is 5.46 Å². The van der Waals surface area contributed by atoms with E-state index in [0.29, 0.717) is 5.39 Å². The molecule has 1 heterocycles. The van der Waals surface area contributed by atoms with Crippen molar-refractivity contribution in [3.05, 3.63) is 21.1 Å². The molecule has 0 amide bonds. The summed E-state index contributed by atoms with van der Waals surface area (Å²) in [6.07, 6.45) is 0. The summed E-state index contributed by atoms with van der Waals surface area (Å²) >= 11 is 3.71. The molecule has 1 aromatic heterocycles. The van der Waals surface area contributed by atoms with Crippen molar-refractivity contribution in [1.29, 1.82) is 0 Å². The van der Waals surface area contributed by atoms with E-state index >= 15 is 0 Å². The van der Waals surface area contributed by atoms with Gasteiger partial charge in [0.2, 0.25) is 0 Å². The third-order valence-corrected chi connectivity index (χ3v) is 3.81. The number of rotatable bonds is 1. The standard InChI is InChI=1S/C8H6BIO3S/c10-7-3-4-6(14-7)2-1-5(8(4)11)9(12)13/h1-3,11-13H. The number of hydrogen-bond acceptors (Lipinski definition) is 4. The SMILES string of the molecule is OB(O)c1ccc2sc(I)cc2c1O. The van der Waals surface area contributed by atoms with Gasteiger partial charge in [-0.15, -0.1) is 11.3 Å². The van der Waals surface area contributed by atoms with Crippen LogP contribution in [0.15, 0.2) is 18.2 Å². The van der Waals surface area contributed by atoms with E-state index in [-0.39, 0.29) is 11.2 Å². The molecule has 0 saturated heterocycles. The molecule has 0 aliphatic carbocycles. The molecule has 6 heteroatoms. The van der Waals surface area contributed by atoms with Crippen molar-refractivity contribution in [3.8, 4) is 5.75 Å². The van der Waals surface area contributed by atoms with E-state index < -0.39 is 7.12 Å². The normalized spacial score (nSPS) is 10.8. The molecule has 0 saturated carbocycles. The number of fused-ring (bicyclic) bond motifs is 1. The zero-order valence-electron chi connectivity index (χ0n) is 6.94. The number of phenolic OH excluding ortho intramolecular Hbond substituents is 1. The topological polar surface area (TPSA) is 60.7 Å². The maximum atomic E-state index is 9.72. The fraction of sp³-hybridized carbons (Fsp3) is 0. The predicted molar refractivity (Wildman–Crippen MR) is 66.0 cm³/mol. The van der Waals surface area contributed by atoms with Gasteiger partial charge in [-0.2, -0.15) is 0 Å². The van der Waals surface area contributed by atoms with E-state index in [1.54, 1.807) is 17.4 Å². The van der Waals surface area contributed by atoms with Gasteiger partial charge in [0, 0.05) is 15.5 Å². The van der Waals surface area contributed by atoms with Gasteiger partial charge in [0.25, 0.3) is 0 Å². The van der Waals surface area contributed by atoms with Crippen LogP contribution in [0.1, 0.15) is 0 Å². The van der Waals surface area contributed by atoms with Crippen LogP contribution >= 0.6 is 33.9 Å². The largest absolute Gasteiger partial charge is 0.508 e. The van der Waals surface area contributed by atoms with Gasteiger partial charge < -0.3 is 15.2 Å². The molecule has 0 bridgehead atoms. The second kappa shape index (κ2) is 3.69. The van der Waals surface area contributed by atoms with E-state index in [1.165, 1.54) is 6.07 Å². The van der Waals surface area contributed by atoms with E-state index in [1.807, 2.05) is 6.07 Å². The molecule has 0 unspecified atom stereocenters. The molecule has 3 N–H and O–H groups in total. The highest BCUT2D eigenvalue weighted by molar-refractivity contribution is 14.1. The Balaban J connectivity index is 2.74. The fourth-order valence-corrected chi connectivity index (χ4v) is 3.10. The maximum Gasteiger partial charge on any atom is 0.492 e. The lowest BCUT2D eigenvalue weighted by Gasteiger charge is -2.03. The first-order chi connectivity index (χ1) is 6.59. The van der Waals surface area contributed by atoms with E-state index in [4.69, 9.17) is 10.0 Å². The van der Waals surface area contributed by atoms with Crippen molar-refractivity contribution in [1.82, 2.24) is 0 Å². The van der Waals surface area contributed by atoms with Gasteiger partial charge >= 0.3 is 7.12 Å². The summed E-state index contributed by atoms with van der Waals surface area (Å²) in [5.74, 6) is -0.0448. The average Bonchev–Trinajstić information content (AvgIpc) is 2.46. The minimum absolute atomic E-state index is 0.0448. The Hall–Kier alpha value is -0.305. The second-order valence-corrected chi connectivity index (χ2v) is 5.82. The maximum absolute atomic E-state index is 9.72. The van der Waals surface area contributed by atoms with E-state index in [2.05, 4.69) is 22.6 Å². The molecular formula is C8H6BIO3S. The van der Waals surface area contributed by atoms with Crippen LogP contribution in [0, 0.1) is 2.88 Å². The lowest BCUT2D eigenvalue weighted by Crippen LogP contribution is -2.29. The molecule has 2 aromatic rings. The summed E-state index contributed by atoms with van der Waals surface area (Å²) in [6, 6.07) is 5.12. The molecule has 1 aromatic carbocycles. The van der Waals surface area contributed by atoms with Crippen LogP contribution in [0.5, 0.6) is 5.75 Å². The van der Waals surface area contributed by atoms with Gasteiger partial charge in [-0.3, -0.25) is 0 Å². The minimum Gasteiger partial charge on any atom is -0.508 e. The molecular weight excluding hydrogens is 314 g/mol. The van der Waals surface area contributed by atoms with Crippen LogP contribution in [0.4, 0.5) is 0 Å². The summed E-state index contributed by atoms with van der Waals surface area (Å²) in [7, 11) is -1.63. The molecule has 0 aliphatic rings. The number of benzene rings is 1. The Kier molecular flexibility index (Phi) is 2.69. The second-order valence-electron chi connectivity index (χ2n) is 2.84. The smallest absolute Gasteiger partial charge is 0.492 e. The summed E-state index contributed by atoms with van der Waals surface area (Å²) in [4.78, 5) is 0. The third-order valence-electron chi connectivity index (χ3n) is 1.95. The average molecular weight is 320 g/mol. The highest BCUT2D eigenvalue weighted by Crippen LogP contribution is 2.31. The molecule has 2 rings (SSSR count). The number of hydrogen-bond donors (Lipinski definition) is 3. The predicted octanol–water partition coefficient (Wildman–Crippen LogP) is 0.891. The first kappa shape index (κ1) is 10.2. The number of aromatic hydroxyl groups is 1. The first-order valence-electron chi connectivity index (χ1n) is 3.86. The zero-order chi connectivity index (χ0) is 10.3. The van der Waals surface area contributed by atoms with Crippen LogP contribution in [0.25, 0.3) is 10.1 Å². The third kappa shape index (κ3) is 1.62. The Labute approximate surface area is 98.3 Å². The molecule has 0 atom stereocenters. The zero-order valence-corrected chi connectivity index (χ0v) is 9.91. The highest BCUT2D eigenvalue weighted by atomic mass is 127. The summed E-state index contributed by atoms with van der Waals surface area (Å²) in [6.45, 7) is 0. The van der Waals surface area contributed by atoms with Crippen LogP contribution in [0.3, 0.4) is 0 Å². The van der Waals surface area contributed by atoms with Gasteiger partial charge in [-0.1, -0.05) is 6.07 Å². The number of phenols is 1. The van der Waals surface area contributed by atoms with Crippen molar-refractivity contribution in [2.45, 2.75) is 0 Å². The molecule has 14 heavy (non-hydrogen) atoms. The van der Waals surface area contributed by atoms with E-state index in [0.717, 1.165) is 7.58 Å². The number of halogens is 1. The molecule has 72 valence electrons. The summed E-state index contributed by atoms with van der Waals surface area (Å²) < 4.78 is 1.99. The van der Waals surface area contributed by atoms with Crippen molar-refractivity contribution in [2.24, 2.45) is 0 Å². The minimum atomic E-state index is -1.63. The van der Waals surface area contributed by atoms with Crippen LogP contribution in [0.2, 0.25) is 0 Å². The van der Waals surface area contributed by atoms with E-state index in [9.17, 15) is 5.11 Å². The van der Waals surface area contributed by atoms with Crippen LogP contribution in [-0.4, -0.2) is 22.3 Å². The van der Waals surface area contributed by atoms with Gasteiger partial charge in [0.05, 0.1) is 2.88 Å². The van der Waals surface area contributed by atoms with Crippen molar-refractivity contribution < 1.29 is 15.2 Å². The van der Waals surface area contributed by atoms with Gasteiger partial charge in [0.15, 0.2) is 0 Å². The van der Waals surface area contributed by atoms with Gasteiger partial charge in [0.1, 0.15) is 5.75 Å². The monoisotopic (exact) mass is 320 g/mol. The van der Waals surface area contributed by atoms with Gasteiger partial charge in [-0.05, 0) is 34.7 Å². The Morgan fingerprint density at radius 2 is 2.00 bits per heavy atom. The molecule has 0 fully saturated rings. The first-order valence-corrected chi connectivity index (χ1v) is 5.76. The molecule has 0 spiro atoms. The molecule has 3 nitrogen and oxygen atoms in total. The number of thiophene rings is 1. The Morgan fingerprint density at radius 3 is 2.64 bits per heavy atom. The summed E-state index contributed by atoms with van der Waals surface area (Å²) in [5, 5.41) is 28.3. The molecule has 0 aliphatic heterocycles. The Morgan fingerprint density at radius 1 is 1.29 bits per heavy atom. The van der Waals surface area contributed by atoms with Gasteiger partial charge in [-0.25, -0.2) is 0 Å². The quantitative estimate of drug-likeness (QED) is 0.540. The summed E-state index contributed by atoms with van der Waals surface area (Å²) in [5.41, 5.74) is 0.145. The fourth-order valence-electron chi connectivity index (χ4n) is 1.29. The van der Waals surface area contributed by atoms with Crippen molar-refractivity contribution in [2.75, 3.05) is 0 Å². The van der Waals surface area contributed by atoms with Crippen molar-refractivity contribution >= 4 is 56.6 Å². The highest BCUT2D eigenvalue weighted by Gasteiger charge is 2.18. The molecule has 0 radical (unpaired) electrons. The Bertz CT molecular complexity index is 483.